The van der Waals surface area contributed by atoms with Gasteiger partial charge in [-0.05, 0) is 37.1 Å². The molecule has 0 saturated heterocycles. The van der Waals surface area contributed by atoms with Gasteiger partial charge in [-0.15, -0.1) is 0 Å². The topological polar surface area (TPSA) is 21.3 Å². The van der Waals surface area contributed by atoms with Crippen LogP contribution in [0.4, 0.5) is 13.2 Å². The molecule has 0 bridgehead atoms. The van der Waals surface area contributed by atoms with Crippen molar-refractivity contribution in [1.29, 1.82) is 0 Å². The van der Waals surface area contributed by atoms with Gasteiger partial charge in [0.15, 0.2) is 0 Å². The summed E-state index contributed by atoms with van der Waals surface area (Å²) in [6, 6.07) is 6.03. The van der Waals surface area contributed by atoms with Gasteiger partial charge in [-0.2, -0.15) is 13.2 Å². The van der Waals surface area contributed by atoms with E-state index in [1.165, 1.54) is 5.56 Å². The van der Waals surface area contributed by atoms with Crippen LogP contribution in [0.2, 0.25) is 0 Å². The highest BCUT2D eigenvalue weighted by molar-refractivity contribution is 5.40. The number of ether oxygens (including phenoxy) is 1. The van der Waals surface area contributed by atoms with E-state index in [1.807, 2.05) is 19.1 Å². The molecule has 0 amide bonds. The third-order valence-corrected chi connectivity index (χ3v) is 3.30. The van der Waals surface area contributed by atoms with Gasteiger partial charge in [0.1, 0.15) is 5.75 Å². The summed E-state index contributed by atoms with van der Waals surface area (Å²) < 4.78 is 41.5. The molecule has 1 atom stereocenters. The van der Waals surface area contributed by atoms with Crippen molar-refractivity contribution in [3.8, 4) is 5.75 Å². The van der Waals surface area contributed by atoms with Gasteiger partial charge in [0.05, 0.1) is 6.61 Å². The number of hydrogen-bond acceptors (Lipinski definition) is 2. The molecule has 2 rings (SSSR count). The van der Waals surface area contributed by atoms with Crippen molar-refractivity contribution in [2.75, 3.05) is 13.2 Å². The first-order chi connectivity index (χ1) is 8.96. The van der Waals surface area contributed by atoms with Gasteiger partial charge in [0, 0.05) is 18.9 Å². The van der Waals surface area contributed by atoms with E-state index in [-0.39, 0.29) is 12.5 Å². The van der Waals surface area contributed by atoms with Crippen LogP contribution in [0.5, 0.6) is 5.75 Å². The number of hydrogen-bond donors (Lipinski definition) is 1. The first-order valence-corrected chi connectivity index (χ1v) is 6.51. The lowest BCUT2D eigenvalue weighted by atomic mass is 10.0. The summed E-state index contributed by atoms with van der Waals surface area (Å²) in [5.74, 6) is 0.924. The fourth-order valence-electron chi connectivity index (χ4n) is 2.20. The monoisotopic (exact) mass is 273 g/mol. The smallest absolute Gasteiger partial charge is 0.389 e. The lowest BCUT2D eigenvalue weighted by molar-refractivity contribution is -0.135. The molecule has 1 aliphatic heterocycles. The lowest BCUT2D eigenvalue weighted by Crippen LogP contribution is -2.21. The van der Waals surface area contributed by atoms with Crippen LogP contribution in [0.3, 0.4) is 0 Å². The van der Waals surface area contributed by atoms with Crippen LogP contribution in [-0.4, -0.2) is 19.3 Å². The zero-order valence-corrected chi connectivity index (χ0v) is 10.9. The maximum atomic E-state index is 12.0. The molecule has 2 nitrogen and oxygen atoms in total. The maximum Gasteiger partial charge on any atom is 0.389 e. The molecule has 0 aliphatic carbocycles. The van der Waals surface area contributed by atoms with Crippen molar-refractivity contribution in [3.63, 3.8) is 0 Å². The highest BCUT2D eigenvalue weighted by atomic mass is 19.4. The van der Waals surface area contributed by atoms with Gasteiger partial charge in [-0.1, -0.05) is 12.1 Å². The Morgan fingerprint density at radius 2 is 2.16 bits per heavy atom. The number of fused-ring (bicyclic) bond motifs is 1. The highest BCUT2D eigenvalue weighted by Gasteiger charge is 2.26. The number of rotatable bonds is 5. The molecular weight excluding hydrogens is 255 g/mol. The van der Waals surface area contributed by atoms with Crippen molar-refractivity contribution in [3.05, 3.63) is 29.3 Å². The van der Waals surface area contributed by atoms with E-state index in [0.717, 1.165) is 17.7 Å². The second kappa shape index (κ2) is 5.82. The van der Waals surface area contributed by atoms with Crippen LogP contribution < -0.4 is 10.1 Å². The average Bonchev–Trinajstić information content (AvgIpc) is 2.80. The number of alkyl halides is 3. The lowest BCUT2D eigenvalue weighted by Gasteiger charge is -2.15. The van der Waals surface area contributed by atoms with E-state index in [9.17, 15) is 13.2 Å². The SMILES string of the molecule is CC(NCCCC(F)(F)F)c1ccc2c(c1)CCO2. The predicted molar refractivity (Wildman–Crippen MR) is 67.3 cm³/mol. The minimum Gasteiger partial charge on any atom is -0.493 e. The molecule has 0 aromatic heterocycles. The molecular formula is C14H18F3NO. The van der Waals surface area contributed by atoms with E-state index in [4.69, 9.17) is 4.74 Å². The Morgan fingerprint density at radius 1 is 1.37 bits per heavy atom. The molecule has 1 aromatic carbocycles. The third-order valence-electron chi connectivity index (χ3n) is 3.30. The molecule has 5 heteroatoms. The van der Waals surface area contributed by atoms with Crippen LogP contribution in [0.15, 0.2) is 18.2 Å². The van der Waals surface area contributed by atoms with Gasteiger partial charge in [0.2, 0.25) is 0 Å². The molecule has 1 aliphatic rings. The minimum absolute atomic E-state index is 0.0548. The number of benzene rings is 1. The van der Waals surface area contributed by atoms with Gasteiger partial charge in [-0.3, -0.25) is 0 Å². The number of nitrogens with one attached hydrogen (secondary N) is 1. The van der Waals surface area contributed by atoms with Crippen LogP contribution in [0, 0.1) is 0 Å². The molecule has 1 heterocycles. The Hall–Kier alpha value is -1.23. The first-order valence-electron chi connectivity index (χ1n) is 6.51. The highest BCUT2D eigenvalue weighted by Crippen LogP contribution is 2.28. The maximum absolute atomic E-state index is 12.0. The third kappa shape index (κ3) is 4.13. The summed E-state index contributed by atoms with van der Waals surface area (Å²) in [5.41, 5.74) is 2.28. The van der Waals surface area contributed by atoms with Crippen molar-refractivity contribution in [1.82, 2.24) is 5.32 Å². The van der Waals surface area contributed by atoms with Gasteiger partial charge < -0.3 is 10.1 Å². The standard InChI is InChI=1S/C14H18F3NO/c1-10(18-7-2-6-14(15,16)17)11-3-4-13-12(9-11)5-8-19-13/h3-4,9-10,18H,2,5-8H2,1H3. The summed E-state index contributed by atoms with van der Waals surface area (Å²) in [4.78, 5) is 0. The predicted octanol–water partition coefficient (Wildman–Crippen LogP) is 3.61. The zero-order valence-electron chi connectivity index (χ0n) is 10.9. The second-order valence-corrected chi connectivity index (χ2v) is 4.86. The van der Waals surface area contributed by atoms with E-state index in [0.29, 0.717) is 13.2 Å². The van der Waals surface area contributed by atoms with Gasteiger partial charge in [0.25, 0.3) is 0 Å². The molecule has 0 saturated carbocycles. The van der Waals surface area contributed by atoms with Crippen LogP contribution in [0.1, 0.15) is 36.9 Å². The normalized spacial score (nSPS) is 16.0. The molecule has 0 spiro atoms. The number of halogens is 3. The van der Waals surface area contributed by atoms with Crippen molar-refractivity contribution >= 4 is 0 Å². The molecule has 106 valence electrons. The van der Waals surface area contributed by atoms with E-state index >= 15 is 0 Å². The molecule has 19 heavy (non-hydrogen) atoms. The molecule has 0 fully saturated rings. The van der Waals surface area contributed by atoms with Crippen LogP contribution in [0.25, 0.3) is 0 Å². The first kappa shape index (κ1) is 14.2. The van der Waals surface area contributed by atoms with E-state index in [1.54, 1.807) is 0 Å². The summed E-state index contributed by atoms with van der Waals surface area (Å²) >= 11 is 0. The van der Waals surface area contributed by atoms with Crippen molar-refractivity contribution < 1.29 is 17.9 Å². The fraction of sp³-hybridized carbons (Fsp3) is 0.571. The zero-order chi connectivity index (χ0) is 13.9. The van der Waals surface area contributed by atoms with E-state index < -0.39 is 12.6 Å². The van der Waals surface area contributed by atoms with Crippen molar-refractivity contribution in [2.45, 2.75) is 38.4 Å². The van der Waals surface area contributed by atoms with Crippen LogP contribution >= 0.6 is 0 Å². The minimum atomic E-state index is -4.06. The van der Waals surface area contributed by atoms with Crippen molar-refractivity contribution in [2.24, 2.45) is 0 Å². The van der Waals surface area contributed by atoms with E-state index in [2.05, 4.69) is 11.4 Å². The summed E-state index contributed by atoms with van der Waals surface area (Å²) in [6.45, 7) is 3.05. The quantitative estimate of drug-likeness (QED) is 0.827. The van der Waals surface area contributed by atoms with Crippen LogP contribution in [-0.2, 0) is 6.42 Å². The summed E-state index contributed by atoms with van der Waals surface area (Å²) in [7, 11) is 0. The average molecular weight is 273 g/mol. The Kier molecular flexibility index (Phi) is 4.34. The summed E-state index contributed by atoms with van der Waals surface area (Å²) in [5, 5.41) is 3.12. The fourth-order valence-corrected chi connectivity index (χ4v) is 2.20. The molecule has 1 aromatic rings. The Balaban J connectivity index is 1.81. The molecule has 1 unspecified atom stereocenters. The largest absolute Gasteiger partial charge is 0.493 e. The molecule has 0 radical (unpaired) electrons. The Bertz CT molecular complexity index is 431. The molecule has 1 N–H and O–H groups in total. The second-order valence-electron chi connectivity index (χ2n) is 4.86. The Morgan fingerprint density at radius 3 is 2.89 bits per heavy atom. The van der Waals surface area contributed by atoms with Gasteiger partial charge >= 0.3 is 6.18 Å². The summed E-state index contributed by atoms with van der Waals surface area (Å²) in [6.07, 6.45) is -3.77. The Labute approximate surface area is 111 Å². The van der Waals surface area contributed by atoms with Gasteiger partial charge in [-0.25, -0.2) is 0 Å².